The maximum atomic E-state index is 11.1. The normalized spacial score (nSPS) is 12.5. The second kappa shape index (κ2) is 8.97. The molecule has 3 N–H and O–H groups in total. The highest BCUT2D eigenvalue weighted by molar-refractivity contribution is 5.77. The van der Waals surface area contributed by atoms with Crippen molar-refractivity contribution in [3.05, 3.63) is 0 Å². The molecule has 0 saturated carbocycles. The third-order valence-electron chi connectivity index (χ3n) is 1.74. The number of hydrogen-bond acceptors (Lipinski definition) is 3. The van der Waals surface area contributed by atoms with Crippen LogP contribution in [0.25, 0.3) is 0 Å². The number of carbonyl (C=O) groups is 1. The lowest BCUT2D eigenvalue weighted by Crippen LogP contribution is -2.29. The lowest BCUT2D eigenvalue weighted by Gasteiger charge is -2.07. The Morgan fingerprint density at radius 3 is 2.86 bits per heavy atom. The Morgan fingerprint density at radius 2 is 2.29 bits per heavy atom. The average Bonchev–Trinajstić information content (AvgIpc) is 2.13. The van der Waals surface area contributed by atoms with E-state index in [1.165, 1.54) is 0 Å². The van der Waals surface area contributed by atoms with Gasteiger partial charge in [0.05, 0.1) is 0 Å². The van der Waals surface area contributed by atoms with Gasteiger partial charge in [0, 0.05) is 19.2 Å². The Bertz CT molecular complexity index is 149. The SMILES string of the molecule is CCCOCC(=O)NCCCC(C)N. The highest BCUT2D eigenvalue weighted by Gasteiger charge is 2.00. The molecule has 0 aromatic carbocycles. The Hall–Kier alpha value is -0.610. The van der Waals surface area contributed by atoms with E-state index in [2.05, 4.69) is 5.32 Å². The van der Waals surface area contributed by atoms with Crippen LogP contribution in [-0.4, -0.2) is 31.7 Å². The van der Waals surface area contributed by atoms with E-state index in [4.69, 9.17) is 10.5 Å². The van der Waals surface area contributed by atoms with Crippen molar-refractivity contribution >= 4 is 5.91 Å². The topological polar surface area (TPSA) is 64.3 Å². The molecule has 0 spiro atoms. The third-order valence-corrected chi connectivity index (χ3v) is 1.74. The van der Waals surface area contributed by atoms with Gasteiger partial charge in [-0.1, -0.05) is 6.92 Å². The minimum absolute atomic E-state index is 0.0388. The molecule has 4 nitrogen and oxygen atoms in total. The van der Waals surface area contributed by atoms with Crippen molar-refractivity contribution in [3.8, 4) is 0 Å². The molecule has 0 rings (SSSR count). The summed E-state index contributed by atoms with van der Waals surface area (Å²) < 4.78 is 5.09. The molecule has 0 aromatic heterocycles. The molecule has 14 heavy (non-hydrogen) atoms. The number of nitrogens with two attached hydrogens (primary N) is 1. The van der Waals surface area contributed by atoms with E-state index in [1.807, 2.05) is 13.8 Å². The van der Waals surface area contributed by atoms with Gasteiger partial charge in [0.2, 0.25) is 5.91 Å². The van der Waals surface area contributed by atoms with Crippen LogP contribution in [0.15, 0.2) is 0 Å². The average molecular weight is 202 g/mol. The lowest BCUT2D eigenvalue weighted by molar-refractivity contribution is -0.125. The number of ether oxygens (including phenoxy) is 1. The van der Waals surface area contributed by atoms with Crippen LogP contribution in [0.5, 0.6) is 0 Å². The fourth-order valence-electron chi connectivity index (χ4n) is 1.01. The second-order valence-corrected chi connectivity index (χ2v) is 3.52. The Balaban J connectivity index is 3.18. The van der Waals surface area contributed by atoms with Gasteiger partial charge in [-0.25, -0.2) is 0 Å². The first kappa shape index (κ1) is 13.4. The summed E-state index contributed by atoms with van der Waals surface area (Å²) in [7, 11) is 0. The van der Waals surface area contributed by atoms with Gasteiger partial charge in [-0.05, 0) is 26.2 Å². The number of amides is 1. The van der Waals surface area contributed by atoms with Crippen LogP contribution in [0.2, 0.25) is 0 Å². The molecule has 84 valence electrons. The van der Waals surface area contributed by atoms with Crippen LogP contribution in [-0.2, 0) is 9.53 Å². The van der Waals surface area contributed by atoms with E-state index < -0.39 is 0 Å². The molecule has 0 radical (unpaired) electrons. The zero-order chi connectivity index (χ0) is 10.8. The van der Waals surface area contributed by atoms with E-state index in [0.717, 1.165) is 19.3 Å². The summed E-state index contributed by atoms with van der Waals surface area (Å²) in [4.78, 5) is 11.1. The summed E-state index contributed by atoms with van der Waals surface area (Å²) in [5.41, 5.74) is 5.57. The first-order valence-corrected chi connectivity index (χ1v) is 5.26. The maximum Gasteiger partial charge on any atom is 0.245 e. The molecule has 0 aliphatic carbocycles. The minimum Gasteiger partial charge on any atom is -0.372 e. The Labute approximate surface area is 86.2 Å². The van der Waals surface area contributed by atoms with Gasteiger partial charge in [0.25, 0.3) is 0 Å². The quantitative estimate of drug-likeness (QED) is 0.568. The second-order valence-electron chi connectivity index (χ2n) is 3.52. The number of rotatable bonds is 8. The molecule has 0 bridgehead atoms. The Kier molecular flexibility index (Phi) is 8.57. The fraction of sp³-hybridized carbons (Fsp3) is 0.900. The van der Waals surface area contributed by atoms with Crippen molar-refractivity contribution in [3.63, 3.8) is 0 Å². The summed E-state index contributed by atoms with van der Waals surface area (Å²) >= 11 is 0. The molecular weight excluding hydrogens is 180 g/mol. The molecule has 0 aliphatic heterocycles. The van der Waals surface area contributed by atoms with Crippen molar-refractivity contribution in [2.24, 2.45) is 5.73 Å². The summed E-state index contributed by atoms with van der Waals surface area (Å²) in [5, 5.41) is 2.78. The first-order valence-electron chi connectivity index (χ1n) is 5.26. The third kappa shape index (κ3) is 9.48. The highest BCUT2D eigenvalue weighted by atomic mass is 16.5. The van der Waals surface area contributed by atoms with Crippen molar-refractivity contribution in [2.75, 3.05) is 19.8 Å². The van der Waals surface area contributed by atoms with Crippen LogP contribution in [0, 0.1) is 0 Å². The predicted molar refractivity (Wildman–Crippen MR) is 57.0 cm³/mol. The zero-order valence-electron chi connectivity index (χ0n) is 9.21. The fourth-order valence-corrected chi connectivity index (χ4v) is 1.01. The van der Waals surface area contributed by atoms with E-state index in [9.17, 15) is 4.79 Å². The molecule has 0 fully saturated rings. The lowest BCUT2D eigenvalue weighted by atomic mass is 10.2. The molecule has 0 heterocycles. The summed E-state index contributed by atoms with van der Waals surface area (Å²) in [6.07, 6.45) is 2.81. The van der Waals surface area contributed by atoms with Gasteiger partial charge in [0.1, 0.15) is 6.61 Å². The number of carbonyl (C=O) groups excluding carboxylic acids is 1. The standard InChI is InChI=1S/C10H22N2O2/c1-3-7-14-8-10(13)12-6-4-5-9(2)11/h9H,3-8,11H2,1-2H3,(H,12,13). The van der Waals surface area contributed by atoms with Gasteiger partial charge in [0.15, 0.2) is 0 Å². The molecule has 0 aliphatic rings. The van der Waals surface area contributed by atoms with Crippen LogP contribution >= 0.6 is 0 Å². The molecule has 0 saturated heterocycles. The van der Waals surface area contributed by atoms with Crippen LogP contribution in [0.3, 0.4) is 0 Å². The van der Waals surface area contributed by atoms with Crippen LogP contribution in [0.4, 0.5) is 0 Å². The molecule has 1 unspecified atom stereocenters. The van der Waals surface area contributed by atoms with Crippen molar-refractivity contribution in [1.29, 1.82) is 0 Å². The number of hydrogen-bond donors (Lipinski definition) is 2. The summed E-state index contributed by atoms with van der Waals surface area (Å²) in [6.45, 7) is 5.49. The van der Waals surface area contributed by atoms with Gasteiger partial charge < -0.3 is 15.8 Å². The van der Waals surface area contributed by atoms with Gasteiger partial charge in [-0.3, -0.25) is 4.79 Å². The summed E-state index contributed by atoms with van der Waals surface area (Å²) in [6, 6.07) is 0.211. The van der Waals surface area contributed by atoms with Crippen LogP contribution < -0.4 is 11.1 Å². The highest BCUT2D eigenvalue weighted by Crippen LogP contribution is 1.90. The molecule has 1 atom stereocenters. The first-order chi connectivity index (χ1) is 6.66. The molecule has 1 amide bonds. The van der Waals surface area contributed by atoms with E-state index in [0.29, 0.717) is 13.2 Å². The van der Waals surface area contributed by atoms with E-state index >= 15 is 0 Å². The van der Waals surface area contributed by atoms with Gasteiger partial charge >= 0.3 is 0 Å². The minimum atomic E-state index is -0.0388. The largest absolute Gasteiger partial charge is 0.372 e. The van der Waals surface area contributed by atoms with Crippen LogP contribution in [0.1, 0.15) is 33.1 Å². The number of nitrogens with one attached hydrogen (secondary N) is 1. The molecule has 0 aromatic rings. The predicted octanol–water partition coefficient (Wildman–Crippen LogP) is 0.657. The molecule has 4 heteroatoms. The smallest absolute Gasteiger partial charge is 0.245 e. The van der Waals surface area contributed by atoms with Gasteiger partial charge in [-0.15, -0.1) is 0 Å². The van der Waals surface area contributed by atoms with E-state index in [-0.39, 0.29) is 18.6 Å². The van der Waals surface area contributed by atoms with Gasteiger partial charge in [-0.2, -0.15) is 0 Å². The summed E-state index contributed by atoms with van der Waals surface area (Å²) in [5.74, 6) is -0.0388. The maximum absolute atomic E-state index is 11.1. The monoisotopic (exact) mass is 202 g/mol. The molecular formula is C10H22N2O2. The van der Waals surface area contributed by atoms with Crippen molar-refractivity contribution < 1.29 is 9.53 Å². The Morgan fingerprint density at radius 1 is 1.57 bits per heavy atom. The van der Waals surface area contributed by atoms with Crippen molar-refractivity contribution in [2.45, 2.75) is 39.2 Å². The zero-order valence-corrected chi connectivity index (χ0v) is 9.21. The van der Waals surface area contributed by atoms with Crippen molar-refractivity contribution in [1.82, 2.24) is 5.32 Å². The van der Waals surface area contributed by atoms with E-state index in [1.54, 1.807) is 0 Å².